The molecule has 0 saturated heterocycles. The Kier molecular flexibility index (Phi) is 6.24. The van der Waals surface area contributed by atoms with Gasteiger partial charge in [0.15, 0.2) is 5.13 Å². The van der Waals surface area contributed by atoms with Gasteiger partial charge >= 0.3 is 0 Å². The lowest BCUT2D eigenvalue weighted by molar-refractivity contribution is -0.115. The summed E-state index contributed by atoms with van der Waals surface area (Å²) in [4.78, 5) is 16.7. The molecule has 0 bridgehead atoms. The minimum Gasteiger partial charge on any atom is -0.302 e. The van der Waals surface area contributed by atoms with Crippen molar-refractivity contribution in [3.8, 4) is 11.3 Å². The van der Waals surface area contributed by atoms with Crippen LogP contribution < -0.4 is 10.0 Å². The van der Waals surface area contributed by atoms with Gasteiger partial charge in [0.2, 0.25) is 15.9 Å². The van der Waals surface area contributed by atoms with Crippen LogP contribution in [0.15, 0.2) is 47.8 Å². The van der Waals surface area contributed by atoms with E-state index in [9.17, 15) is 13.2 Å². The van der Waals surface area contributed by atoms with Gasteiger partial charge in [0.05, 0.1) is 18.4 Å². The fourth-order valence-electron chi connectivity index (χ4n) is 2.41. The maximum atomic E-state index is 12.3. The van der Waals surface area contributed by atoms with E-state index in [0.717, 1.165) is 11.8 Å². The molecule has 0 aliphatic heterocycles. The molecule has 2 aromatic carbocycles. The zero-order chi connectivity index (χ0) is 20.3. The second kappa shape index (κ2) is 8.48. The van der Waals surface area contributed by atoms with Crippen LogP contribution in [0, 0.1) is 0 Å². The summed E-state index contributed by atoms with van der Waals surface area (Å²) in [6, 6.07) is 11.9. The van der Waals surface area contributed by atoms with Crippen molar-refractivity contribution in [1.82, 2.24) is 4.98 Å². The number of benzene rings is 2. The van der Waals surface area contributed by atoms with Crippen LogP contribution in [-0.4, -0.2) is 25.6 Å². The minimum absolute atomic E-state index is 0.0410. The quantitative estimate of drug-likeness (QED) is 0.564. The minimum atomic E-state index is -3.33. The van der Waals surface area contributed by atoms with E-state index in [0.29, 0.717) is 32.1 Å². The van der Waals surface area contributed by atoms with E-state index in [1.807, 2.05) is 0 Å². The van der Waals surface area contributed by atoms with Crippen LogP contribution >= 0.6 is 34.5 Å². The smallest absolute Gasteiger partial charge is 0.230 e. The molecule has 28 heavy (non-hydrogen) atoms. The number of carbonyl (C=O) groups is 1. The largest absolute Gasteiger partial charge is 0.302 e. The maximum Gasteiger partial charge on any atom is 0.230 e. The number of hydrogen-bond donors (Lipinski definition) is 2. The standard InChI is InChI=1S/C18H15Cl2N3O3S2/c1-28(25,26)23-12-7-5-11(6-8-12)16-10-27-18(21-16)22-17(24)9-13-14(19)3-2-4-15(13)20/h2-8,10,23H,9H2,1H3,(H,21,22,24). The van der Waals surface area contributed by atoms with Crippen molar-refractivity contribution in [2.75, 3.05) is 16.3 Å². The molecule has 1 aromatic heterocycles. The first-order chi connectivity index (χ1) is 13.2. The van der Waals surface area contributed by atoms with Crippen molar-refractivity contribution in [3.63, 3.8) is 0 Å². The van der Waals surface area contributed by atoms with Crippen LogP contribution in [0.2, 0.25) is 10.0 Å². The molecule has 0 atom stereocenters. The topological polar surface area (TPSA) is 88.2 Å². The van der Waals surface area contributed by atoms with Crippen molar-refractivity contribution in [2.24, 2.45) is 0 Å². The van der Waals surface area contributed by atoms with Crippen LogP contribution in [0.25, 0.3) is 11.3 Å². The van der Waals surface area contributed by atoms with E-state index in [2.05, 4.69) is 15.0 Å². The number of carbonyl (C=O) groups excluding carboxylic acids is 1. The van der Waals surface area contributed by atoms with E-state index in [-0.39, 0.29) is 12.3 Å². The molecule has 0 unspecified atom stereocenters. The van der Waals surface area contributed by atoms with E-state index in [4.69, 9.17) is 23.2 Å². The SMILES string of the molecule is CS(=O)(=O)Nc1ccc(-c2csc(NC(=O)Cc3c(Cl)cccc3Cl)n2)cc1. The average Bonchev–Trinajstić information content (AvgIpc) is 3.06. The monoisotopic (exact) mass is 455 g/mol. The molecule has 3 aromatic rings. The van der Waals surface area contributed by atoms with E-state index in [1.165, 1.54) is 11.3 Å². The fourth-order valence-corrected chi connectivity index (χ4v) is 4.24. The number of hydrogen-bond acceptors (Lipinski definition) is 5. The van der Waals surface area contributed by atoms with Crippen LogP contribution in [0.4, 0.5) is 10.8 Å². The second-order valence-corrected chi connectivity index (χ2v) is 9.34. The Labute approximate surface area is 176 Å². The summed E-state index contributed by atoms with van der Waals surface area (Å²) in [6.07, 6.45) is 1.13. The summed E-state index contributed by atoms with van der Waals surface area (Å²) < 4.78 is 24.9. The highest BCUT2D eigenvalue weighted by molar-refractivity contribution is 7.92. The van der Waals surface area contributed by atoms with Gasteiger partial charge < -0.3 is 5.32 Å². The Morgan fingerprint density at radius 2 is 1.75 bits per heavy atom. The van der Waals surface area contributed by atoms with Gasteiger partial charge in [0.25, 0.3) is 0 Å². The van der Waals surface area contributed by atoms with Crippen LogP contribution in [0.5, 0.6) is 0 Å². The molecule has 0 fully saturated rings. The Morgan fingerprint density at radius 1 is 1.11 bits per heavy atom. The molecule has 146 valence electrons. The van der Waals surface area contributed by atoms with Crippen LogP contribution in [-0.2, 0) is 21.2 Å². The highest BCUT2D eigenvalue weighted by Gasteiger charge is 2.13. The van der Waals surface area contributed by atoms with Crippen molar-refractivity contribution in [3.05, 3.63) is 63.5 Å². The number of thiazole rings is 1. The Bertz CT molecular complexity index is 1090. The highest BCUT2D eigenvalue weighted by atomic mass is 35.5. The molecule has 1 amide bonds. The first-order valence-corrected chi connectivity index (χ1v) is 11.5. The summed E-state index contributed by atoms with van der Waals surface area (Å²) in [6.45, 7) is 0. The van der Waals surface area contributed by atoms with E-state index < -0.39 is 10.0 Å². The van der Waals surface area contributed by atoms with Crippen molar-refractivity contribution in [1.29, 1.82) is 0 Å². The summed E-state index contributed by atoms with van der Waals surface area (Å²) in [5.41, 5.74) is 2.49. The molecule has 0 radical (unpaired) electrons. The first-order valence-electron chi connectivity index (χ1n) is 7.98. The Balaban J connectivity index is 1.68. The zero-order valence-electron chi connectivity index (χ0n) is 14.6. The van der Waals surface area contributed by atoms with Gasteiger partial charge in [-0.1, -0.05) is 41.4 Å². The van der Waals surface area contributed by atoms with Crippen LogP contribution in [0.3, 0.4) is 0 Å². The predicted molar refractivity (Wildman–Crippen MR) is 115 cm³/mol. The normalized spacial score (nSPS) is 11.2. The van der Waals surface area contributed by atoms with Crippen molar-refractivity contribution >= 4 is 61.3 Å². The predicted octanol–water partition coefficient (Wildman–Crippen LogP) is 4.67. The third kappa shape index (κ3) is 5.45. The van der Waals surface area contributed by atoms with Gasteiger partial charge in [-0.05, 0) is 29.8 Å². The van der Waals surface area contributed by atoms with E-state index >= 15 is 0 Å². The molecule has 3 rings (SSSR count). The molecule has 10 heteroatoms. The molecule has 0 spiro atoms. The highest BCUT2D eigenvalue weighted by Crippen LogP contribution is 2.28. The summed E-state index contributed by atoms with van der Waals surface area (Å²) >= 11 is 13.5. The summed E-state index contributed by atoms with van der Waals surface area (Å²) in [5.74, 6) is -0.274. The number of halogens is 2. The molecule has 6 nitrogen and oxygen atoms in total. The third-order valence-corrected chi connectivity index (χ3v) is 5.71. The molecule has 0 aliphatic carbocycles. The van der Waals surface area contributed by atoms with Gasteiger partial charge in [-0.2, -0.15) is 0 Å². The fraction of sp³-hybridized carbons (Fsp3) is 0.111. The van der Waals surface area contributed by atoms with Crippen molar-refractivity contribution in [2.45, 2.75) is 6.42 Å². The number of amides is 1. The van der Waals surface area contributed by atoms with Gasteiger partial charge in [-0.15, -0.1) is 11.3 Å². The van der Waals surface area contributed by atoms with Gasteiger partial charge in [-0.25, -0.2) is 13.4 Å². The number of nitrogens with zero attached hydrogens (tertiary/aromatic N) is 1. The average molecular weight is 456 g/mol. The maximum absolute atomic E-state index is 12.3. The van der Waals surface area contributed by atoms with Gasteiger partial charge in [-0.3, -0.25) is 9.52 Å². The number of nitrogens with one attached hydrogen (secondary N) is 2. The van der Waals surface area contributed by atoms with Crippen molar-refractivity contribution < 1.29 is 13.2 Å². The first kappa shape index (κ1) is 20.6. The molecular formula is C18H15Cl2N3O3S2. The number of anilines is 2. The van der Waals surface area contributed by atoms with E-state index in [1.54, 1.807) is 47.8 Å². The lowest BCUT2D eigenvalue weighted by Gasteiger charge is -2.06. The summed E-state index contributed by atoms with van der Waals surface area (Å²) in [7, 11) is -3.33. The Morgan fingerprint density at radius 3 is 2.36 bits per heavy atom. The molecule has 0 saturated carbocycles. The number of aromatic nitrogens is 1. The lowest BCUT2D eigenvalue weighted by atomic mass is 10.1. The Hall–Kier alpha value is -2.13. The van der Waals surface area contributed by atoms with Gasteiger partial charge in [0.1, 0.15) is 0 Å². The molecular weight excluding hydrogens is 441 g/mol. The third-order valence-electron chi connectivity index (χ3n) is 3.63. The molecule has 2 N–H and O–H groups in total. The number of rotatable bonds is 6. The molecule has 0 aliphatic rings. The number of sulfonamides is 1. The molecule has 1 heterocycles. The van der Waals surface area contributed by atoms with Gasteiger partial charge in [0, 0.05) is 26.7 Å². The second-order valence-electron chi connectivity index (χ2n) is 5.91. The summed E-state index contributed by atoms with van der Waals surface area (Å²) in [5, 5.41) is 5.86. The lowest BCUT2D eigenvalue weighted by Crippen LogP contribution is -2.14. The zero-order valence-corrected chi connectivity index (χ0v) is 17.7. The van der Waals surface area contributed by atoms with Crippen LogP contribution in [0.1, 0.15) is 5.56 Å².